The van der Waals surface area contributed by atoms with E-state index in [1.54, 1.807) is 12.2 Å². The van der Waals surface area contributed by atoms with Gasteiger partial charge in [0.1, 0.15) is 18.5 Å². The Morgan fingerprint density at radius 1 is 1.47 bits per heavy atom. The molecule has 5 N–H and O–H groups in total. The summed E-state index contributed by atoms with van der Waals surface area (Å²) >= 11 is 2.19. The second-order valence-electron chi connectivity index (χ2n) is 7.62. The highest BCUT2D eigenvalue weighted by molar-refractivity contribution is 8.00. The average Bonchev–Trinajstić information content (AvgIpc) is 3.30. The molecule has 0 bridgehead atoms. The molecule has 0 aliphatic carbocycles. The molecule has 2 aliphatic heterocycles. The van der Waals surface area contributed by atoms with Gasteiger partial charge in [0.15, 0.2) is 24.1 Å². The minimum absolute atomic E-state index is 0.0469. The zero-order valence-corrected chi connectivity index (χ0v) is 20.6. The molecule has 2 aliphatic rings. The predicted octanol–water partition coefficient (Wildman–Crippen LogP) is -2.12. The number of nitrogens with zero attached hydrogens (tertiary/aromatic N) is 5. The lowest BCUT2D eigenvalue weighted by molar-refractivity contribution is -0.687. The van der Waals surface area contributed by atoms with E-state index in [1.165, 1.54) is 18.9 Å². The number of carboxylic acid groups (broad SMARTS) is 1. The number of hydrogen-bond acceptors (Lipinski definition) is 12. The second-order valence-corrected chi connectivity index (χ2v) is 9.50. The number of oxime groups is 1. The molecule has 188 valence electrons. The van der Waals surface area contributed by atoms with Crippen LogP contribution in [0.25, 0.3) is 0 Å². The number of anilines is 1. The van der Waals surface area contributed by atoms with Gasteiger partial charge in [0.25, 0.3) is 11.8 Å². The van der Waals surface area contributed by atoms with Crippen molar-refractivity contribution in [1.82, 2.24) is 19.6 Å². The highest BCUT2D eigenvalue weighted by atomic mass is 32.2. The van der Waals surface area contributed by atoms with Crippen molar-refractivity contribution in [2.45, 2.75) is 24.5 Å². The molecular weight excluding hydrogens is 508 g/mol. The normalized spacial score (nSPS) is 19.8. The molecule has 2 atom stereocenters. The number of aromatic nitrogens is 3. The number of amides is 2. The van der Waals surface area contributed by atoms with Gasteiger partial charge in [-0.25, -0.2) is 4.57 Å². The number of nitrogens with one attached hydrogen (secondary N) is 1. The summed E-state index contributed by atoms with van der Waals surface area (Å²) in [5.41, 5.74) is 12.2. The van der Waals surface area contributed by atoms with Gasteiger partial charge >= 0.3 is 0 Å². The van der Waals surface area contributed by atoms with Gasteiger partial charge in [-0.1, -0.05) is 11.2 Å². The van der Waals surface area contributed by atoms with Gasteiger partial charge in [-0.2, -0.15) is 9.36 Å². The van der Waals surface area contributed by atoms with Gasteiger partial charge in [0.2, 0.25) is 11.5 Å². The number of carbonyl (C=O) groups excluding carboxylic acids is 3. The Kier molecular flexibility index (Phi) is 7.61. The number of aliphatic carboxylic acids is 1. The van der Waals surface area contributed by atoms with Gasteiger partial charge in [-0.3, -0.25) is 14.5 Å². The van der Waals surface area contributed by atoms with E-state index in [2.05, 4.69) is 19.8 Å². The number of allylic oxidation sites excluding steroid dienone is 2. The topological polar surface area (TPSA) is 193 Å². The smallest absolute Gasteiger partial charge is 0.278 e. The van der Waals surface area contributed by atoms with Crippen LogP contribution in [0.3, 0.4) is 0 Å². The van der Waals surface area contributed by atoms with Crippen LogP contribution in [0.1, 0.15) is 11.4 Å². The molecule has 2 aromatic heterocycles. The molecule has 36 heavy (non-hydrogen) atoms. The first-order valence-corrected chi connectivity index (χ1v) is 12.4. The molecule has 15 heteroatoms. The summed E-state index contributed by atoms with van der Waals surface area (Å²) < 4.78 is 5.84. The molecule has 0 saturated carbocycles. The number of thioether (sulfide) groups is 1. The minimum Gasteiger partial charge on any atom is -0.543 e. The van der Waals surface area contributed by atoms with Crippen molar-refractivity contribution >= 4 is 51.9 Å². The van der Waals surface area contributed by atoms with Crippen LogP contribution in [0.2, 0.25) is 0 Å². The second kappa shape index (κ2) is 10.8. The van der Waals surface area contributed by atoms with Gasteiger partial charge in [-0.15, -0.1) is 11.8 Å². The molecule has 4 heterocycles. The first-order chi connectivity index (χ1) is 17.3. The lowest BCUT2D eigenvalue weighted by Crippen LogP contribution is -2.71. The van der Waals surface area contributed by atoms with Gasteiger partial charge in [0.05, 0.1) is 11.7 Å². The van der Waals surface area contributed by atoms with Crippen molar-refractivity contribution in [3.8, 4) is 0 Å². The Hall–Kier alpha value is -3.82. The third-order valence-electron chi connectivity index (χ3n) is 5.32. The highest BCUT2D eigenvalue weighted by Gasteiger charge is 2.53. The summed E-state index contributed by atoms with van der Waals surface area (Å²) in [6.45, 7) is 0.889. The number of nitrogen functional groups attached to an aromatic ring is 1. The molecular formula is C21H22N8O5S2. The number of fused-ring (bicyclic) bond motifs is 1. The third kappa shape index (κ3) is 5.07. The Morgan fingerprint density at radius 2 is 2.28 bits per heavy atom. The molecule has 2 aromatic rings. The van der Waals surface area contributed by atoms with Crippen molar-refractivity contribution in [3.05, 3.63) is 59.3 Å². The Bertz CT molecular complexity index is 1290. The summed E-state index contributed by atoms with van der Waals surface area (Å²) in [6, 6.07) is 2.81. The van der Waals surface area contributed by atoms with E-state index in [-0.39, 0.29) is 22.4 Å². The third-order valence-corrected chi connectivity index (χ3v) is 7.16. The van der Waals surface area contributed by atoms with Crippen molar-refractivity contribution in [3.63, 3.8) is 0 Å². The van der Waals surface area contributed by atoms with E-state index in [0.29, 0.717) is 24.4 Å². The van der Waals surface area contributed by atoms with E-state index in [0.717, 1.165) is 22.0 Å². The van der Waals surface area contributed by atoms with Gasteiger partial charge in [-0.05, 0) is 17.7 Å². The molecule has 1 saturated heterocycles. The minimum atomic E-state index is -1.47. The fourth-order valence-electron chi connectivity index (χ4n) is 3.70. The Balaban J connectivity index is 1.48. The van der Waals surface area contributed by atoms with Crippen LogP contribution in [0, 0.1) is 0 Å². The summed E-state index contributed by atoms with van der Waals surface area (Å²) in [5, 5.41) is 17.7. The zero-order valence-electron chi connectivity index (χ0n) is 19.0. The number of β-lactam (4-membered cyclic amide) rings is 1. The zero-order chi connectivity index (χ0) is 25.8. The largest absolute Gasteiger partial charge is 0.543 e. The highest BCUT2D eigenvalue weighted by Crippen LogP contribution is 2.40. The van der Waals surface area contributed by atoms with E-state index >= 15 is 0 Å². The number of carbonyl (C=O) groups is 3. The number of hydrogen-bond donors (Lipinski definition) is 3. The number of pyridine rings is 1. The van der Waals surface area contributed by atoms with E-state index < -0.39 is 29.2 Å². The molecule has 0 aromatic carbocycles. The van der Waals surface area contributed by atoms with E-state index in [9.17, 15) is 19.5 Å². The number of nitrogens with two attached hydrogens (primary N) is 2. The van der Waals surface area contributed by atoms with Crippen LogP contribution in [0.5, 0.6) is 0 Å². The van der Waals surface area contributed by atoms with Crippen molar-refractivity contribution in [2.24, 2.45) is 10.9 Å². The van der Waals surface area contributed by atoms with Crippen molar-refractivity contribution < 1.29 is 28.9 Å². The van der Waals surface area contributed by atoms with Crippen LogP contribution >= 0.6 is 23.3 Å². The summed E-state index contributed by atoms with van der Waals surface area (Å²) in [5.74, 6) is -2.56. The Morgan fingerprint density at radius 3 is 2.94 bits per heavy atom. The fourth-order valence-corrected chi connectivity index (χ4v) is 5.46. The first-order valence-electron chi connectivity index (χ1n) is 10.6. The standard InChI is InChI=1S/C21H22N8O5S2/c1-34-26-13(16-25-21(23)36-27-16)17(30)24-14-18(31)29-15(20(32)33)12(10-35-19(14)29)5-3-7-28-6-2-4-11(8-22)9-28/h2-6,9,14,19H,7-8,10,22H2,1H3,(H3-,23,24,25,27,30,32,33)/t14?,19-/m0/s1. The van der Waals surface area contributed by atoms with Crippen LogP contribution in [0.15, 0.2) is 53.1 Å². The first kappa shape index (κ1) is 25.3. The molecule has 2 amide bonds. The summed E-state index contributed by atoms with van der Waals surface area (Å²) in [6.07, 6.45) is 7.22. The lowest BCUT2D eigenvalue weighted by Gasteiger charge is -2.50. The van der Waals surface area contributed by atoms with E-state index in [4.69, 9.17) is 16.3 Å². The average molecular weight is 531 g/mol. The summed E-state index contributed by atoms with van der Waals surface area (Å²) in [7, 11) is 1.25. The van der Waals surface area contributed by atoms with Crippen LogP contribution in [-0.4, -0.2) is 62.0 Å². The van der Waals surface area contributed by atoms with E-state index in [1.807, 2.05) is 29.1 Å². The molecule has 4 rings (SSSR count). The monoisotopic (exact) mass is 530 g/mol. The SMILES string of the molecule is CON=C(C(=O)NC1C(=O)N2C(C(=O)[O-])=C(C=CC[n+]3cccc(CN)c3)CS[C@@H]12)c1nsc(N)n1. The van der Waals surface area contributed by atoms with Crippen molar-refractivity contribution in [2.75, 3.05) is 18.6 Å². The molecule has 13 nitrogen and oxygen atoms in total. The Labute approximate surface area is 213 Å². The molecule has 0 radical (unpaired) electrons. The van der Waals surface area contributed by atoms with Crippen LogP contribution in [-0.2, 0) is 32.3 Å². The maximum atomic E-state index is 12.9. The fraction of sp³-hybridized carbons (Fsp3) is 0.286. The maximum absolute atomic E-state index is 12.9. The molecule has 1 unspecified atom stereocenters. The van der Waals surface area contributed by atoms with Crippen molar-refractivity contribution in [1.29, 1.82) is 0 Å². The molecule has 1 fully saturated rings. The number of carboxylic acids is 1. The molecule has 0 spiro atoms. The lowest BCUT2D eigenvalue weighted by atomic mass is 10.0. The van der Waals surface area contributed by atoms with Crippen LogP contribution < -0.4 is 26.5 Å². The van der Waals surface area contributed by atoms with Gasteiger partial charge in [0, 0.05) is 35.5 Å². The summed E-state index contributed by atoms with van der Waals surface area (Å²) in [4.78, 5) is 47.4. The van der Waals surface area contributed by atoms with Crippen LogP contribution in [0.4, 0.5) is 5.13 Å². The predicted molar refractivity (Wildman–Crippen MR) is 129 cm³/mol. The van der Waals surface area contributed by atoms with Gasteiger partial charge < -0.3 is 31.5 Å². The number of rotatable bonds is 9. The maximum Gasteiger partial charge on any atom is 0.278 e. The quantitative estimate of drug-likeness (QED) is 0.140.